The van der Waals surface area contributed by atoms with E-state index >= 15 is 0 Å². The fraction of sp³-hybridized carbons (Fsp3) is 0.556. The third-order valence-electron chi connectivity index (χ3n) is 5.20. The predicted octanol–water partition coefficient (Wildman–Crippen LogP) is 2.06. The maximum absolute atomic E-state index is 12.7. The summed E-state index contributed by atoms with van der Waals surface area (Å²) in [5.41, 5.74) is -0.0141. The fourth-order valence-electron chi connectivity index (χ4n) is 3.86. The van der Waals surface area contributed by atoms with Crippen LogP contribution in [0.3, 0.4) is 0 Å². The molecule has 1 spiro atoms. The van der Waals surface area contributed by atoms with E-state index in [0.29, 0.717) is 17.1 Å². The monoisotopic (exact) mass is 333 g/mol. The summed E-state index contributed by atoms with van der Waals surface area (Å²) in [5, 5.41) is 10.6. The molecule has 130 valence electrons. The number of imide groups is 1. The number of nitrogens with zero attached hydrogens (tertiary/aromatic N) is 1. The molecule has 24 heavy (non-hydrogen) atoms. The van der Waals surface area contributed by atoms with Crippen molar-refractivity contribution in [2.24, 2.45) is 5.41 Å². The Kier molecular flexibility index (Phi) is 4.49. The van der Waals surface area contributed by atoms with Crippen molar-refractivity contribution in [3.05, 3.63) is 23.8 Å². The van der Waals surface area contributed by atoms with Crippen LogP contribution in [0.5, 0.6) is 11.5 Å². The third kappa shape index (κ3) is 2.75. The third-order valence-corrected chi connectivity index (χ3v) is 5.20. The molecule has 1 aliphatic heterocycles. The Labute approximate surface area is 141 Å². The first-order valence-corrected chi connectivity index (χ1v) is 8.25. The van der Waals surface area contributed by atoms with E-state index in [1.807, 2.05) is 0 Å². The lowest BCUT2D eigenvalue weighted by Gasteiger charge is -2.23. The van der Waals surface area contributed by atoms with Gasteiger partial charge in [0.05, 0.1) is 26.2 Å². The lowest BCUT2D eigenvalue weighted by atomic mass is 9.84. The topological polar surface area (TPSA) is 76.1 Å². The Morgan fingerprint density at radius 3 is 2.54 bits per heavy atom. The molecule has 2 aliphatic rings. The molecular formula is C18H23NO5. The number of β-amino-alcohol motifs (C(OH)–C–C–N with tert-alkyl or cyclic N) is 1. The van der Waals surface area contributed by atoms with Gasteiger partial charge in [-0.25, -0.2) is 0 Å². The van der Waals surface area contributed by atoms with Crippen molar-refractivity contribution in [1.82, 2.24) is 4.90 Å². The molecule has 6 nitrogen and oxygen atoms in total. The van der Waals surface area contributed by atoms with Crippen LogP contribution < -0.4 is 9.47 Å². The molecule has 1 saturated carbocycles. The van der Waals surface area contributed by atoms with E-state index in [2.05, 4.69) is 0 Å². The van der Waals surface area contributed by atoms with Gasteiger partial charge < -0.3 is 14.6 Å². The highest BCUT2D eigenvalue weighted by molar-refractivity contribution is 6.06. The number of likely N-dealkylation sites (tertiary alicyclic amines) is 1. The molecule has 0 aromatic heterocycles. The minimum atomic E-state index is -1.01. The predicted molar refractivity (Wildman–Crippen MR) is 86.7 cm³/mol. The van der Waals surface area contributed by atoms with Crippen LogP contribution in [0.1, 0.15) is 43.8 Å². The molecule has 1 aliphatic carbocycles. The molecule has 1 saturated heterocycles. The summed E-state index contributed by atoms with van der Waals surface area (Å²) in [7, 11) is 3.05. The van der Waals surface area contributed by atoms with Gasteiger partial charge in [0.1, 0.15) is 17.6 Å². The van der Waals surface area contributed by atoms with Crippen LogP contribution >= 0.6 is 0 Å². The molecule has 2 amide bonds. The highest BCUT2D eigenvalue weighted by Crippen LogP contribution is 2.47. The standard InChI is InChI=1S/C18H23NO5/c1-23-12-5-6-15(24-2)13(9-12)14(20)11-19-16(21)10-18(17(19)22)7-3-4-8-18/h5-6,9,14,20H,3-4,7-8,10-11H2,1-2H3. The number of ether oxygens (including phenoxy) is 2. The summed E-state index contributed by atoms with van der Waals surface area (Å²) < 4.78 is 10.5. The average Bonchev–Trinajstić information content (AvgIpc) is 3.15. The van der Waals surface area contributed by atoms with E-state index in [0.717, 1.165) is 25.7 Å². The van der Waals surface area contributed by atoms with Crippen molar-refractivity contribution in [1.29, 1.82) is 0 Å². The number of hydrogen-bond acceptors (Lipinski definition) is 5. The summed E-state index contributed by atoms with van der Waals surface area (Å²) in [4.78, 5) is 26.3. The smallest absolute Gasteiger partial charge is 0.236 e. The van der Waals surface area contributed by atoms with Gasteiger partial charge >= 0.3 is 0 Å². The average molecular weight is 333 g/mol. The molecule has 2 fully saturated rings. The Balaban J connectivity index is 1.81. The van der Waals surface area contributed by atoms with E-state index in [4.69, 9.17) is 9.47 Å². The molecule has 6 heteroatoms. The largest absolute Gasteiger partial charge is 0.497 e. The lowest BCUT2D eigenvalue weighted by molar-refractivity contribution is -0.143. The van der Waals surface area contributed by atoms with Gasteiger partial charge in [-0.1, -0.05) is 12.8 Å². The van der Waals surface area contributed by atoms with Crippen LogP contribution in [0.2, 0.25) is 0 Å². The van der Waals surface area contributed by atoms with Gasteiger partial charge in [0.2, 0.25) is 11.8 Å². The van der Waals surface area contributed by atoms with Crippen LogP contribution in [-0.2, 0) is 9.59 Å². The highest BCUT2D eigenvalue weighted by Gasteiger charge is 2.52. The van der Waals surface area contributed by atoms with Gasteiger partial charge in [0.25, 0.3) is 0 Å². The minimum absolute atomic E-state index is 0.0526. The number of hydrogen-bond donors (Lipinski definition) is 1. The molecule has 1 aromatic carbocycles. The summed E-state index contributed by atoms with van der Waals surface area (Å²) in [6.45, 7) is -0.0526. The highest BCUT2D eigenvalue weighted by atomic mass is 16.5. The van der Waals surface area contributed by atoms with E-state index in [1.165, 1.54) is 19.1 Å². The van der Waals surface area contributed by atoms with Crippen molar-refractivity contribution in [3.8, 4) is 11.5 Å². The first-order chi connectivity index (χ1) is 11.5. The minimum Gasteiger partial charge on any atom is -0.497 e. The van der Waals surface area contributed by atoms with Crippen molar-refractivity contribution >= 4 is 11.8 Å². The zero-order valence-corrected chi connectivity index (χ0v) is 14.1. The zero-order chi connectivity index (χ0) is 17.3. The van der Waals surface area contributed by atoms with Crippen LogP contribution in [0.4, 0.5) is 0 Å². The number of aliphatic hydroxyl groups is 1. The first-order valence-electron chi connectivity index (χ1n) is 8.25. The van der Waals surface area contributed by atoms with Gasteiger partial charge in [-0.2, -0.15) is 0 Å². The Morgan fingerprint density at radius 1 is 1.21 bits per heavy atom. The number of carbonyl (C=O) groups is 2. The van der Waals surface area contributed by atoms with E-state index < -0.39 is 11.5 Å². The van der Waals surface area contributed by atoms with Crippen LogP contribution in [-0.4, -0.2) is 42.6 Å². The fourth-order valence-corrected chi connectivity index (χ4v) is 3.86. The molecular weight excluding hydrogens is 310 g/mol. The SMILES string of the molecule is COc1ccc(OC)c(C(O)CN2C(=O)CC3(CCCC3)C2=O)c1. The Bertz CT molecular complexity index is 651. The maximum atomic E-state index is 12.7. The molecule has 1 heterocycles. The van der Waals surface area contributed by atoms with Gasteiger partial charge in [0, 0.05) is 12.0 Å². The second-order valence-corrected chi connectivity index (χ2v) is 6.60. The summed E-state index contributed by atoms with van der Waals surface area (Å²) >= 11 is 0. The molecule has 1 unspecified atom stereocenters. The van der Waals surface area contributed by atoms with Crippen molar-refractivity contribution < 1.29 is 24.2 Å². The maximum Gasteiger partial charge on any atom is 0.236 e. The quantitative estimate of drug-likeness (QED) is 0.835. The molecule has 3 rings (SSSR count). The number of methoxy groups -OCH3 is 2. The lowest BCUT2D eigenvalue weighted by Crippen LogP contribution is -2.37. The van der Waals surface area contributed by atoms with Gasteiger partial charge in [0.15, 0.2) is 0 Å². The van der Waals surface area contributed by atoms with Crippen molar-refractivity contribution in [2.75, 3.05) is 20.8 Å². The summed E-state index contributed by atoms with van der Waals surface area (Å²) in [6.07, 6.45) is 2.77. The Hall–Kier alpha value is -2.08. The van der Waals surface area contributed by atoms with Gasteiger partial charge in [-0.3, -0.25) is 14.5 Å². The summed E-state index contributed by atoms with van der Waals surface area (Å²) in [5.74, 6) is 0.753. The van der Waals surface area contributed by atoms with Gasteiger partial charge in [-0.05, 0) is 31.0 Å². The number of benzene rings is 1. The number of amides is 2. The zero-order valence-electron chi connectivity index (χ0n) is 14.1. The first kappa shape index (κ1) is 16.8. The van der Waals surface area contributed by atoms with E-state index in [1.54, 1.807) is 18.2 Å². The van der Waals surface area contributed by atoms with Crippen molar-refractivity contribution in [2.45, 2.75) is 38.2 Å². The number of rotatable bonds is 5. The van der Waals surface area contributed by atoms with Crippen LogP contribution in [0.25, 0.3) is 0 Å². The molecule has 1 atom stereocenters. The van der Waals surface area contributed by atoms with E-state index in [9.17, 15) is 14.7 Å². The number of carbonyl (C=O) groups excluding carboxylic acids is 2. The second kappa shape index (κ2) is 6.43. The van der Waals surface area contributed by atoms with E-state index in [-0.39, 0.29) is 24.8 Å². The molecule has 0 radical (unpaired) electrons. The van der Waals surface area contributed by atoms with Crippen LogP contribution in [0.15, 0.2) is 18.2 Å². The van der Waals surface area contributed by atoms with Gasteiger partial charge in [-0.15, -0.1) is 0 Å². The second-order valence-electron chi connectivity index (χ2n) is 6.60. The van der Waals surface area contributed by atoms with Crippen LogP contribution in [0, 0.1) is 5.41 Å². The summed E-state index contributed by atoms with van der Waals surface area (Å²) in [6, 6.07) is 5.10. The molecule has 0 bridgehead atoms. The molecule has 1 aromatic rings. The Morgan fingerprint density at radius 2 is 1.92 bits per heavy atom. The number of aliphatic hydroxyl groups excluding tert-OH is 1. The van der Waals surface area contributed by atoms with Crippen molar-refractivity contribution in [3.63, 3.8) is 0 Å². The normalized spacial score (nSPS) is 20.7. The molecule has 1 N–H and O–H groups in total.